The van der Waals surface area contributed by atoms with Gasteiger partial charge in [-0.05, 0) is 38.2 Å². The highest BCUT2D eigenvalue weighted by molar-refractivity contribution is 5.62. The highest BCUT2D eigenvalue weighted by Crippen LogP contribution is 2.23. The zero-order valence-corrected chi connectivity index (χ0v) is 13.8. The normalized spacial score (nSPS) is 12.5. The Bertz CT molecular complexity index is 770. The molecule has 24 heavy (non-hydrogen) atoms. The first-order valence-corrected chi connectivity index (χ1v) is 7.87. The summed E-state index contributed by atoms with van der Waals surface area (Å²) in [6.45, 7) is 2.90. The average molecular weight is 325 g/mol. The molecule has 0 saturated heterocycles. The lowest BCUT2D eigenvalue weighted by atomic mass is 10.1. The maximum absolute atomic E-state index is 13.1. The maximum atomic E-state index is 13.1. The van der Waals surface area contributed by atoms with E-state index in [9.17, 15) is 4.39 Å². The molecule has 6 heteroatoms. The van der Waals surface area contributed by atoms with Gasteiger partial charge in [-0.25, -0.2) is 4.39 Å². The van der Waals surface area contributed by atoms with Crippen molar-refractivity contribution in [2.75, 3.05) is 7.05 Å². The summed E-state index contributed by atoms with van der Waals surface area (Å²) in [5, 5.41) is 7.16. The van der Waals surface area contributed by atoms with Crippen molar-refractivity contribution >= 4 is 0 Å². The van der Waals surface area contributed by atoms with Crippen LogP contribution in [0, 0.1) is 5.82 Å². The number of hydrogen-bond acceptors (Lipinski definition) is 4. The number of benzene rings is 1. The Morgan fingerprint density at radius 2 is 1.96 bits per heavy atom. The fourth-order valence-corrected chi connectivity index (χ4v) is 2.62. The van der Waals surface area contributed by atoms with Gasteiger partial charge in [-0.15, -0.1) is 0 Å². The SMILES string of the molecule is C[C@@H](Cc1cnccn1)N(C)Cc1cn[nH]c1-c1ccc(F)cc1. The third-order valence-electron chi connectivity index (χ3n) is 4.14. The van der Waals surface area contributed by atoms with E-state index >= 15 is 0 Å². The summed E-state index contributed by atoms with van der Waals surface area (Å²) in [5.74, 6) is -0.241. The number of nitrogens with zero attached hydrogens (tertiary/aromatic N) is 4. The molecule has 1 atom stereocenters. The lowest BCUT2D eigenvalue weighted by Gasteiger charge is -2.24. The number of aromatic nitrogens is 4. The third kappa shape index (κ3) is 3.83. The van der Waals surface area contributed by atoms with Gasteiger partial charge in [0, 0.05) is 48.7 Å². The molecule has 3 rings (SSSR count). The molecule has 1 aromatic carbocycles. The monoisotopic (exact) mass is 325 g/mol. The van der Waals surface area contributed by atoms with Gasteiger partial charge in [0.1, 0.15) is 5.82 Å². The standard InChI is InChI=1S/C18H20FN5/c1-13(9-17-11-20-7-8-21-17)24(2)12-15-10-22-23-18(15)14-3-5-16(19)6-4-14/h3-8,10-11,13H,9,12H2,1-2H3,(H,22,23)/t13-/m0/s1. The van der Waals surface area contributed by atoms with Crippen LogP contribution in [0.15, 0.2) is 49.1 Å². The van der Waals surface area contributed by atoms with E-state index in [1.54, 1.807) is 30.7 Å². The van der Waals surface area contributed by atoms with Gasteiger partial charge in [0.25, 0.3) is 0 Å². The Balaban J connectivity index is 1.70. The summed E-state index contributed by atoms with van der Waals surface area (Å²) < 4.78 is 13.1. The van der Waals surface area contributed by atoms with Crippen molar-refractivity contribution in [1.82, 2.24) is 25.1 Å². The second-order valence-corrected chi connectivity index (χ2v) is 5.94. The summed E-state index contributed by atoms with van der Waals surface area (Å²) in [4.78, 5) is 10.7. The van der Waals surface area contributed by atoms with Crippen LogP contribution in [-0.4, -0.2) is 38.2 Å². The average Bonchev–Trinajstić information content (AvgIpc) is 3.04. The Labute approximate surface area is 140 Å². The largest absolute Gasteiger partial charge is 0.299 e. The maximum Gasteiger partial charge on any atom is 0.123 e. The van der Waals surface area contributed by atoms with Crippen LogP contribution in [0.3, 0.4) is 0 Å². The number of hydrogen-bond donors (Lipinski definition) is 1. The third-order valence-corrected chi connectivity index (χ3v) is 4.14. The molecule has 0 unspecified atom stereocenters. The molecular formula is C18H20FN5. The van der Waals surface area contributed by atoms with E-state index in [4.69, 9.17) is 0 Å². The first-order chi connectivity index (χ1) is 11.6. The van der Waals surface area contributed by atoms with Crippen LogP contribution in [0.25, 0.3) is 11.3 Å². The van der Waals surface area contributed by atoms with E-state index in [1.165, 1.54) is 12.1 Å². The van der Waals surface area contributed by atoms with Crippen LogP contribution in [0.5, 0.6) is 0 Å². The van der Waals surface area contributed by atoms with Crippen molar-refractivity contribution in [1.29, 1.82) is 0 Å². The summed E-state index contributed by atoms with van der Waals surface area (Å²) in [6.07, 6.45) is 7.84. The van der Waals surface area contributed by atoms with E-state index < -0.39 is 0 Å². The first-order valence-electron chi connectivity index (χ1n) is 7.87. The minimum atomic E-state index is -0.241. The molecule has 5 nitrogen and oxygen atoms in total. The number of likely N-dealkylation sites (N-methyl/N-ethyl adjacent to an activating group) is 1. The molecule has 0 spiro atoms. The Morgan fingerprint density at radius 3 is 2.67 bits per heavy atom. The van der Waals surface area contributed by atoms with Gasteiger partial charge in [0.05, 0.1) is 17.6 Å². The number of halogens is 1. The highest BCUT2D eigenvalue weighted by Gasteiger charge is 2.15. The van der Waals surface area contributed by atoms with E-state index in [0.717, 1.165) is 35.5 Å². The molecule has 0 aliphatic rings. The van der Waals surface area contributed by atoms with Crippen molar-refractivity contribution in [3.05, 3.63) is 66.1 Å². The highest BCUT2D eigenvalue weighted by atomic mass is 19.1. The van der Waals surface area contributed by atoms with Gasteiger partial charge in [-0.1, -0.05) is 0 Å². The predicted molar refractivity (Wildman–Crippen MR) is 90.6 cm³/mol. The van der Waals surface area contributed by atoms with Gasteiger partial charge in [-0.3, -0.25) is 20.0 Å². The van der Waals surface area contributed by atoms with Crippen LogP contribution in [0.4, 0.5) is 4.39 Å². The first kappa shape index (κ1) is 16.3. The fourth-order valence-electron chi connectivity index (χ4n) is 2.62. The van der Waals surface area contributed by atoms with Crippen LogP contribution >= 0.6 is 0 Å². The summed E-state index contributed by atoms with van der Waals surface area (Å²) in [6, 6.07) is 6.74. The quantitative estimate of drug-likeness (QED) is 0.757. The Hall–Kier alpha value is -2.60. The van der Waals surface area contributed by atoms with Crippen molar-refractivity contribution in [2.45, 2.75) is 25.9 Å². The van der Waals surface area contributed by atoms with Crippen molar-refractivity contribution in [2.24, 2.45) is 0 Å². The molecule has 0 aliphatic carbocycles. The van der Waals surface area contributed by atoms with Crippen LogP contribution in [-0.2, 0) is 13.0 Å². The topological polar surface area (TPSA) is 57.7 Å². The number of nitrogens with one attached hydrogen (secondary N) is 1. The summed E-state index contributed by atoms with van der Waals surface area (Å²) in [7, 11) is 2.07. The van der Waals surface area contributed by atoms with E-state index in [1.807, 2.05) is 6.20 Å². The van der Waals surface area contributed by atoms with E-state index in [2.05, 4.69) is 39.0 Å². The van der Waals surface area contributed by atoms with Crippen LogP contribution in [0.2, 0.25) is 0 Å². The lowest BCUT2D eigenvalue weighted by molar-refractivity contribution is 0.247. The number of aromatic amines is 1. The van der Waals surface area contributed by atoms with E-state index in [-0.39, 0.29) is 5.82 Å². The zero-order chi connectivity index (χ0) is 16.9. The van der Waals surface area contributed by atoms with E-state index in [0.29, 0.717) is 6.04 Å². The smallest absolute Gasteiger partial charge is 0.123 e. The Morgan fingerprint density at radius 1 is 1.17 bits per heavy atom. The van der Waals surface area contributed by atoms with Crippen LogP contribution in [0.1, 0.15) is 18.2 Å². The minimum Gasteiger partial charge on any atom is -0.299 e. The summed E-state index contributed by atoms with van der Waals surface area (Å²) >= 11 is 0. The van der Waals surface area contributed by atoms with Gasteiger partial charge >= 0.3 is 0 Å². The molecule has 0 amide bonds. The molecule has 1 N–H and O–H groups in total. The van der Waals surface area contributed by atoms with Gasteiger partial charge in [0.15, 0.2) is 0 Å². The minimum absolute atomic E-state index is 0.241. The second kappa shape index (κ2) is 7.31. The van der Waals surface area contributed by atoms with Crippen LogP contribution < -0.4 is 0 Å². The predicted octanol–water partition coefficient (Wildman–Crippen LogP) is 3.07. The lowest BCUT2D eigenvalue weighted by Crippen LogP contribution is -2.30. The van der Waals surface area contributed by atoms with Crippen molar-refractivity contribution in [3.8, 4) is 11.3 Å². The number of rotatable bonds is 6. The fraction of sp³-hybridized carbons (Fsp3) is 0.278. The van der Waals surface area contributed by atoms with Gasteiger partial charge < -0.3 is 0 Å². The molecule has 0 bridgehead atoms. The van der Waals surface area contributed by atoms with Crippen molar-refractivity contribution < 1.29 is 4.39 Å². The van der Waals surface area contributed by atoms with Gasteiger partial charge in [0.2, 0.25) is 0 Å². The zero-order valence-electron chi connectivity index (χ0n) is 13.8. The second-order valence-electron chi connectivity index (χ2n) is 5.94. The molecular weight excluding hydrogens is 305 g/mol. The molecule has 2 aromatic heterocycles. The molecule has 0 saturated carbocycles. The Kier molecular flexibility index (Phi) is 4.96. The molecule has 2 heterocycles. The molecule has 0 aliphatic heterocycles. The molecule has 0 fully saturated rings. The molecule has 3 aromatic rings. The van der Waals surface area contributed by atoms with Gasteiger partial charge in [-0.2, -0.15) is 5.10 Å². The van der Waals surface area contributed by atoms with Crippen molar-refractivity contribution in [3.63, 3.8) is 0 Å². The number of H-pyrrole nitrogens is 1. The molecule has 124 valence electrons. The summed E-state index contributed by atoms with van der Waals surface area (Å²) in [5.41, 5.74) is 3.91. The molecule has 0 radical (unpaired) electrons.